The van der Waals surface area contributed by atoms with Gasteiger partial charge >= 0.3 is 29.8 Å². The average molecular weight is 899 g/mol. The maximum absolute atomic E-state index is 13.3. The minimum absolute atomic E-state index is 0.0223. The van der Waals surface area contributed by atoms with E-state index in [0.29, 0.717) is 30.8 Å². The zero-order chi connectivity index (χ0) is 47.3. The molecule has 2 saturated heterocycles. The minimum Gasteiger partial charge on any atom is -0.490 e. The van der Waals surface area contributed by atoms with E-state index >= 15 is 0 Å². The molecular formula is C48H62N6O11. The van der Waals surface area contributed by atoms with Crippen LogP contribution in [0.15, 0.2) is 61.2 Å². The number of nitriles is 1. The fraction of sp³-hybridized carbons (Fsp3) is 0.458. The molecule has 2 aliphatic rings. The Labute approximate surface area is 380 Å². The van der Waals surface area contributed by atoms with Crippen molar-refractivity contribution in [1.29, 1.82) is 5.26 Å². The summed E-state index contributed by atoms with van der Waals surface area (Å²) in [7, 11) is 0. The van der Waals surface area contributed by atoms with Crippen molar-refractivity contribution in [3.63, 3.8) is 0 Å². The van der Waals surface area contributed by atoms with Crippen LogP contribution >= 0.6 is 0 Å². The van der Waals surface area contributed by atoms with Gasteiger partial charge in [0.1, 0.15) is 31.1 Å². The summed E-state index contributed by atoms with van der Waals surface area (Å²) in [6.07, 6.45) is 13.3. The molecule has 65 heavy (non-hydrogen) atoms. The van der Waals surface area contributed by atoms with Crippen molar-refractivity contribution in [3.05, 3.63) is 94.6 Å². The first-order valence-electron chi connectivity index (χ1n) is 21.8. The van der Waals surface area contributed by atoms with Crippen molar-refractivity contribution in [2.75, 3.05) is 98.3 Å². The van der Waals surface area contributed by atoms with Gasteiger partial charge in [-0.05, 0) is 67.1 Å². The van der Waals surface area contributed by atoms with E-state index in [2.05, 4.69) is 12.6 Å². The van der Waals surface area contributed by atoms with Crippen LogP contribution in [0, 0.1) is 18.3 Å². The van der Waals surface area contributed by atoms with Crippen LogP contribution in [0.25, 0.3) is 17.7 Å². The number of carboxylic acid groups (broad SMARTS) is 4. The van der Waals surface area contributed by atoms with Crippen molar-refractivity contribution >= 4 is 47.6 Å². The summed E-state index contributed by atoms with van der Waals surface area (Å²) in [5, 5.41) is 48.7. The monoisotopic (exact) mass is 898 g/mol. The molecule has 2 aromatic carbocycles. The number of rotatable bonds is 20. The van der Waals surface area contributed by atoms with Crippen LogP contribution < -0.4 is 4.74 Å². The smallest absolute Gasteiger partial charge is 0.320 e. The van der Waals surface area contributed by atoms with Crippen LogP contribution in [0.4, 0.5) is 0 Å². The highest BCUT2D eigenvalue weighted by Gasteiger charge is 2.29. The molecule has 2 aromatic rings. The second-order valence-electron chi connectivity index (χ2n) is 16.2. The largest absolute Gasteiger partial charge is 0.490 e. The first-order valence-corrected chi connectivity index (χ1v) is 21.8. The number of aliphatic carboxylic acids is 4. The molecule has 4 rings (SSSR count). The van der Waals surface area contributed by atoms with Crippen molar-refractivity contribution in [2.45, 2.75) is 45.7 Å². The predicted molar refractivity (Wildman–Crippen MR) is 245 cm³/mol. The number of esters is 1. The predicted octanol–water partition coefficient (Wildman–Crippen LogP) is 4.02. The second kappa shape index (κ2) is 26.6. The number of carbonyl (C=O) groups is 5. The fourth-order valence-electron chi connectivity index (χ4n) is 7.91. The molecule has 0 aliphatic carbocycles. The van der Waals surface area contributed by atoms with E-state index in [0.717, 1.165) is 46.2 Å². The van der Waals surface area contributed by atoms with Crippen LogP contribution in [0.2, 0.25) is 0 Å². The summed E-state index contributed by atoms with van der Waals surface area (Å²) in [4.78, 5) is 69.1. The summed E-state index contributed by atoms with van der Waals surface area (Å²) in [5.74, 6) is -4.09. The SMILES string of the molecule is C=C/C=C\C=C(/C)c1cccc(/C=C/c2cc(OCCOC(=O)CN3CCN(CC(=O)O)CCN(CC(=O)O)CCN(CC(=O)O)CC3)c(CN3CCCC[C@H]3C(=O)O)cc2C)c1C#N. The Bertz CT molecular complexity index is 2100. The average Bonchev–Trinajstić information content (AvgIpc) is 3.25. The summed E-state index contributed by atoms with van der Waals surface area (Å²) >= 11 is 0. The van der Waals surface area contributed by atoms with Gasteiger partial charge in [-0.3, -0.25) is 48.5 Å². The Morgan fingerprint density at radius 3 is 1.88 bits per heavy atom. The normalized spacial score (nSPS) is 18.1. The Balaban J connectivity index is 1.51. The van der Waals surface area contributed by atoms with Gasteiger partial charge in [-0.25, -0.2) is 0 Å². The molecule has 0 bridgehead atoms. The molecule has 17 nitrogen and oxygen atoms in total. The Kier molecular flexibility index (Phi) is 21.1. The summed E-state index contributed by atoms with van der Waals surface area (Å²) in [6, 6.07) is 11.2. The second-order valence-corrected chi connectivity index (χ2v) is 16.2. The zero-order valence-electron chi connectivity index (χ0n) is 37.4. The Hall–Kier alpha value is -6.16. The van der Waals surface area contributed by atoms with Gasteiger partial charge in [0.15, 0.2) is 0 Å². The third kappa shape index (κ3) is 17.4. The lowest BCUT2D eigenvalue weighted by Gasteiger charge is -2.33. The highest BCUT2D eigenvalue weighted by atomic mass is 16.6. The van der Waals surface area contributed by atoms with Crippen molar-refractivity contribution in [2.24, 2.45) is 0 Å². The lowest BCUT2D eigenvalue weighted by atomic mass is 9.95. The molecule has 2 fully saturated rings. The van der Waals surface area contributed by atoms with Crippen LogP contribution in [0.1, 0.15) is 59.6 Å². The molecule has 0 spiro atoms. The van der Waals surface area contributed by atoms with E-state index in [4.69, 9.17) is 9.47 Å². The maximum atomic E-state index is 13.3. The first-order chi connectivity index (χ1) is 31.2. The van der Waals surface area contributed by atoms with Crippen LogP contribution in [0.5, 0.6) is 5.75 Å². The number of aryl methyl sites for hydroxylation is 1. The lowest BCUT2D eigenvalue weighted by molar-refractivity contribution is -0.146. The van der Waals surface area contributed by atoms with Gasteiger partial charge in [-0.15, -0.1) is 0 Å². The van der Waals surface area contributed by atoms with Gasteiger partial charge in [0.05, 0.1) is 31.7 Å². The fourth-order valence-corrected chi connectivity index (χ4v) is 7.91. The summed E-state index contributed by atoms with van der Waals surface area (Å²) < 4.78 is 11.9. The van der Waals surface area contributed by atoms with Crippen molar-refractivity contribution < 1.29 is 53.9 Å². The molecule has 4 N–H and O–H groups in total. The number of carbonyl (C=O) groups excluding carboxylic acids is 1. The van der Waals surface area contributed by atoms with Crippen molar-refractivity contribution in [3.8, 4) is 11.8 Å². The molecule has 0 saturated carbocycles. The molecule has 0 radical (unpaired) electrons. The van der Waals surface area contributed by atoms with Gasteiger partial charge < -0.3 is 29.9 Å². The van der Waals surface area contributed by atoms with Crippen molar-refractivity contribution in [1.82, 2.24) is 24.5 Å². The number of benzene rings is 2. The number of hydrogen-bond donors (Lipinski definition) is 4. The number of carboxylic acids is 4. The quantitative estimate of drug-likeness (QED) is 0.0638. The highest BCUT2D eigenvalue weighted by Crippen LogP contribution is 2.30. The van der Waals surface area contributed by atoms with Gasteiger partial charge in [-0.2, -0.15) is 5.26 Å². The molecule has 0 aromatic heterocycles. The number of ether oxygens (including phenoxy) is 2. The molecule has 0 amide bonds. The van der Waals surface area contributed by atoms with Crippen LogP contribution in [-0.2, 0) is 35.3 Å². The van der Waals surface area contributed by atoms with E-state index < -0.39 is 35.9 Å². The topological polar surface area (TPSA) is 225 Å². The van der Waals surface area contributed by atoms with Gasteiger partial charge in [0, 0.05) is 64.5 Å². The summed E-state index contributed by atoms with van der Waals surface area (Å²) in [5.41, 5.74) is 5.46. The van der Waals surface area contributed by atoms with E-state index in [1.807, 2.05) is 79.5 Å². The number of nitrogens with zero attached hydrogens (tertiary/aromatic N) is 6. The third-order valence-electron chi connectivity index (χ3n) is 11.4. The van der Waals surface area contributed by atoms with E-state index in [-0.39, 0.29) is 91.8 Å². The van der Waals surface area contributed by atoms with E-state index in [1.165, 1.54) is 0 Å². The zero-order valence-corrected chi connectivity index (χ0v) is 37.4. The van der Waals surface area contributed by atoms with Crippen LogP contribution in [0.3, 0.4) is 0 Å². The lowest BCUT2D eigenvalue weighted by Crippen LogP contribution is -2.49. The summed E-state index contributed by atoms with van der Waals surface area (Å²) in [6.45, 7) is 9.44. The van der Waals surface area contributed by atoms with E-state index in [1.54, 1.807) is 25.7 Å². The first kappa shape index (κ1) is 51.5. The van der Waals surface area contributed by atoms with Gasteiger partial charge in [-0.1, -0.05) is 73.7 Å². The number of allylic oxidation sites excluding steroid dienone is 5. The number of likely N-dealkylation sites (tertiary alicyclic amines) is 1. The highest BCUT2D eigenvalue weighted by molar-refractivity contribution is 5.80. The maximum Gasteiger partial charge on any atom is 0.320 e. The standard InChI is InChI=1S/C48H62N6O11/c1-4-5-6-10-35(2)40-12-9-11-37(41(40)29-49)14-15-38-28-43(39(27-36(38)3)30-54-16-8-7-13-42(54)48(62)63)64-25-26-65-47(61)34-53-23-21-51(32-45(57)58)19-17-50(31-44(55)56)18-20-52(22-24-53)33-46(59)60/h4-6,9-12,14-15,27-28,42H,1,7-8,13,16-26,30-34H2,2-3H3,(H,55,56)(H,57,58)(H,59,60)(H,62,63)/b6-5-,15-14+,35-10+/t42-/m0/s1. The molecule has 350 valence electrons. The van der Waals surface area contributed by atoms with Gasteiger partial charge in [0.2, 0.25) is 0 Å². The Morgan fingerprint density at radius 2 is 1.34 bits per heavy atom. The minimum atomic E-state index is -1.05. The molecular weight excluding hydrogens is 837 g/mol. The molecule has 2 aliphatic heterocycles. The van der Waals surface area contributed by atoms with Gasteiger partial charge in [0.25, 0.3) is 0 Å². The van der Waals surface area contributed by atoms with Crippen LogP contribution in [-0.4, -0.2) is 179 Å². The molecule has 1 atom stereocenters. The Morgan fingerprint density at radius 1 is 0.769 bits per heavy atom. The number of piperidine rings is 1. The molecule has 17 heteroatoms. The third-order valence-corrected chi connectivity index (χ3v) is 11.4. The molecule has 2 heterocycles. The molecule has 0 unspecified atom stereocenters. The van der Waals surface area contributed by atoms with E-state index in [9.17, 15) is 49.7 Å². The number of hydrogen-bond acceptors (Lipinski definition) is 13.